The SMILES string of the molecule is Nc1ncnc2nc(C3CCC4CCCCC4N3)[nH]c12. The largest absolute Gasteiger partial charge is 0.382 e. The van der Waals surface area contributed by atoms with Crippen LogP contribution in [0.4, 0.5) is 5.82 Å². The molecule has 3 atom stereocenters. The van der Waals surface area contributed by atoms with Crippen molar-refractivity contribution in [3.63, 3.8) is 0 Å². The van der Waals surface area contributed by atoms with E-state index in [4.69, 9.17) is 5.73 Å². The molecule has 0 aromatic carbocycles. The molecule has 0 spiro atoms. The molecule has 1 saturated heterocycles. The van der Waals surface area contributed by atoms with Crippen LogP contribution in [0.1, 0.15) is 50.4 Å². The average Bonchev–Trinajstić information content (AvgIpc) is 2.92. The monoisotopic (exact) mass is 272 g/mol. The molecule has 106 valence electrons. The Labute approximate surface area is 117 Å². The molecule has 1 saturated carbocycles. The van der Waals surface area contributed by atoms with Gasteiger partial charge in [0, 0.05) is 6.04 Å². The van der Waals surface area contributed by atoms with E-state index in [2.05, 4.69) is 25.3 Å². The van der Waals surface area contributed by atoms with E-state index in [0.29, 0.717) is 23.5 Å². The summed E-state index contributed by atoms with van der Waals surface area (Å²) in [6.45, 7) is 0. The summed E-state index contributed by atoms with van der Waals surface area (Å²) < 4.78 is 0. The molecule has 4 rings (SSSR count). The van der Waals surface area contributed by atoms with E-state index >= 15 is 0 Å². The van der Waals surface area contributed by atoms with Gasteiger partial charge in [0.25, 0.3) is 0 Å². The topological polar surface area (TPSA) is 92.5 Å². The van der Waals surface area contributed by atoms with Crippen LogP contribution in [0, 0.1) is 5.92 Å². The zero-order valence-corrected chi connectivity index (χ0v) is 11.5. The van der Waals surface area contributed by atoms with Gasteiger partial charge >= 0.3 is 0 Å². The number of nitrogens with one attached hydrogen (secondary N) is 2. The normalized spacial score (nSPS) is 30.3. The number of piperidine rings is 1. The van der Waals surface area contributed by atoms with Crippen molar-refractivity contribution in [2.45, 2.75) is 50.6 Å². The fourth-order valence-electron chi connectivity index (χ4n) is 3.74. The molecular formula is C14H20N6. The van der Waals surface area contributed by atoms with Gasteiger partial charge in [0.2, 0.25) is 0 Å². The van der Waals surface area contributed by atoms with Gasteiger partial charge in [-0.15, -0.1) is 0 Å². The minimum absolute atomic E-state index is 0.294. The van der Waals surface area contributed by atoms with Crippen molar-refractivity contribution in [2.24, 2.45) is 5.92 Å². The second-order valence-corrected chi connectivity index (χ2v) is 6.03. The molecule has 0 amide bonds. The lowest BCUT2D eigenvalue weighted by Crippen LogP contribution is -2.45. The van der Waals surface area contributed by atoms with Crippen molar-refractivity contribution in [3.05, 3.63) is 12.2 Å². The number of nitrogens with two attached hydrogens (primary N) is 1. The van der Waals surface area contributed by atoms with Crippen molar-refractivity contribution in [3.8, 4) is 0 Å². The van der Waals surface area contributed by atoms with Gasteiger partial charge in [-0.3, -0.25) is 0 Å². The van der Waals surface area contributed by atoms with Crippen molar-refractivity contribution >= 4 is 17.0 Å². The molecule has 1 aliphatic heterocycles. The van der Waals surface area contributed by atoms with Crippen molar-refractivity contribution in [2.75, 3.05) is 5.73 Å². The van der Waals surface area contributed by atoms with Crippen LogP contribution in [0.25, 0.3) is 11.2 Å². The highest BCUT2D eigenvalue weighted by Gasteiger charge is 2.33. The predicted octanol–water partition coefficient (Wildman–Crippen LogP) is 1.92. The summed E-state index contributed by atoms with van der Waals surface area (Å²) in [7, 11) is 0. The molecule has 2 aliphatic rings. The van der Waals surface area contributed by atoms with Crippen LogP contribution in [0.3, 0.4) is 0 Å². The molecular weight excluding hydrogens is 252 g/mol. The molecule has 6 nitrogen and oxygen atoms in total. The number of nitrogen functional groups attached to an aromatic ring is 1. The van der Waals surface area contributed by atoms with Crippen LogP contribution in [0.5, 0.6) is 0 Å². The summed E-state index contributed by atoms with van der Waals surface area (Å²) in [4.78, 5) is 16.1. The third kappa shape index (κ3) is 1.95. The molecule has 20 heavy (non-hydrogen) atoms. The van der Waals surface area contributed by atoms with Gasteiger partial charge in [0.15, 0.2) is 11.5 Å². The van der Waals surface area contributed by atoms with E-state index in [1.165, 1.54) is 38.4 Å². The van der Waals surface area contributed by atoms with Crippen LogP contribution in [0.2, 0.25) is 0 Å². The second kappa shape index (κ2) is 4.70. The number of aromatic amines is 1. The van der Waals surface area contributed by atoms with Crippen molar-refractivity contribution < 1.29 is 0 Å². The van der Waals surface area contributed by atoms with E-state index in [9.17, 15) is 0 Å². The number of fused-ring (bicyclic) bond motifs is 2. The molecule has 0 radical (unpaired) electrons. The summed E-state index contributed by atoms with van der Waals surface area (Å²) in [6.07, 6.45) is 9.30. The Morgan fingerprint density at radius 1 is 1.10 bits per heavy atom. The first kappa shape index (κ1) is 12.1. The minimum atomic E-state index is 0.294. The number of H-pyrrole nitrogens is 1. The van der Waals surface area contributed by atoms with Gasteiger partial charge < -0.3 is 16.0 Å². The molecule has 2 fully saturated rings. The minimum Gasteiger partial charge on any atom is -0.382 e. The van der Waals surface area contributed by atoms with Crippen LogP contribution in [-0.2, 0) is 0 Å². The van der Waals surface area contributed by atoms with Gasteiger partial charge in [-0.1, -0.05) is 12.8 Å². The Bertz CT molecular complexity index is 621. The Morgan fingerprint density at radius 3 is 2.90 bits per heavy atom. The Balaban J connectivity index is 1.61. The molecule has 4 N–H and O–H groups in total. The first-order valence-corrected chi connectivity index (χ1v) is 7.53. The van der Waals surface area contributed by atoms with Gasteiger partial charge in [-0.25, -0.2) is 15.0 Å². The molecule has 3 unspecified atom stereocenters. The quantitative estimate of drug-likeness (QED) is 0.737. The lowest BCUT2D eigenvalue weighted by atomic mass is 9.77. The first-order valence-electron chi connectivity index (χ1n) is 7.53. The van der Waals surface area contributed by atoms with Gasteiger partial charge in [-0.2, -0.15) is 0 Å². The maximum atomic E-state index is 5.86. The number of hydrogen-bond acceptors (Lipinski definition) is 5. The summed E-state index contributed by atoms with van der Waals surface area (Å²) in [6, 6.07) is 0.946. The van der Waals surface area contributed by atoms with Crippen LogP contribution in [-0.4, -0.2) is 26.0 Å². The number of rotatable bonds is 1. The summed E-state index contributed by atoms with van der Waals surface area (Å²) in [5.41, 5.74) is 7.29. The average molecular weight is 272 g/mol. The summed E-state index contributed by atoms with van der Waals surface area (Å²) in [5.74, 6) is 2.28. The third-order valence-corrected chi connectivity index (χ3v) is 4.82. The van der Waals surface area contributed by atoms with Crippen molar-refractivity contribution in [1.82, 2.24) is 25.3 Å². The molecule has 1 aliphatic carbocycles. The number of anilines is 1. The van der Waals surface area contributed by atoms with Crippen LogP contribution >= 0.6 is 0 Å². The number of hydrogen-bond donors (Lipinski definition) is 3. The summed E-state index contributed by atoms with van der Waals surface area (Å²) in [5, 5.41) is 3.77. The van der Waals surface area contributed by atoms with Crippen LogP contribution in [0.15, 0.2) is 6.33 Å². The standard InChI is InChI=1S/C14H20N6/c15-12-11-14(17-7-16-12)20-13(19-11)10-6-5-8-3-1-2-4-9(8)18-10/h7-10,18H,1-6H2,(H3,15,16,17,19,20). The number of nitrogens with zero attached hydrogens (tertiary/aromatic N) is 3. The van der Waals surface area contributed by atoms with Gasteiger partial charge in [0.1, 0.15) is 17.7 Å². The van der Waals surface area contributed by atoms with Crippen LogP contribution < -0.4 is 11.1 Å². The fourth-order valence-corrected chi connectivity index (χ4v) is 3.74. The Morgan fingerprint density at radius 2 is 2.00 bits per heavy atom. The first-order chi connectivity index (χ1) is 9.81. The van der Waals surface area contributed by atoms with E-state index in [1.54, 1.807) is 0 Å². The second-order valence-electron chi connectivity index (χ2n) is 6.03. The zero-order valence-electron chi connectivity index (χ0n) is 11.5. The zero-order chi connectivity index (χ0) is 13.5. The maximum Gasteiger partial charge on any atom is 0.183 e. The highest BCUT2D eigenvalue weighted by atomic mass is 15.1. The van der Waals surface area contributed by atoms with Crippen molar-refractivity contribution in [1.29, 1.82) is 0 Å². The predicted molar refractivity (Wildman–Crippen MR) is 77.0 cm³/mol. The third-order valence-electron chi connectivity index (χ3n) is 4.82. The fraction of sp³-hybridized carbons (Fsp3) is 0.643. The smallest absolute Gasteiger partial charge is 0.183 e. The molecule has 2 aromatic heterocycles. The molecule has 2 aromatic rings. The molecule has 3 heterocycles. The number of aromatic nitrogens is 4. The van der Waals surface area contributed by atoms with E-state index in [-0.39, 0.29) is 0 Å². The maximum absolute atomic E-state index is 5.86. The van der Waals surface area contributed by atoms with Gasteiger partial charge in [0.05, 0.1) is 6.04 Å². The summed E-state index contributed by atoms with van der Waals surface area (Å²) >= 11 is 0. The Kier molecular flexibility index (Phi) is 2.84. The Hall–Kier alpha value is -1.69. The molecule has 0 bridgehead atoms. The molecule has 6 heteroatoms. The number of imidazole rings is 1. The van der Waals surface area contributed by atoms with E-state index in [0.717, 1.165) is 23.7 Å². The lowest BCUT2D eigenvalue weighted by Gasteiger charge is -2.39. The van der Waals surface area contributed by atoms with E-state index in [1.807, 2.05) is 0 Å². The lowest BCUT2D eigenvalue weighted by molar-refractivity contribution is 0.174. The van der Waals surface area contributed by atoms with Gasteiger partial charge in [-0.05, 0) is 31.6 Å². The highest BCUT2D eigenvalue weighted by Crippen LogP contribution is 2.36. The highest BCUT2D eigenvalue weighted by molar-refractivity contribution is 5.81. The van der Waals surface area contributed by atoms with E-state index < -0.39 is 0 Å².